The Balaban J connectivity index is 2.55. The first-order chi connectivity index (χ1) is 11.9. The van der Waals surface area contributed by atoms with Gasteiger partial charge in [0.05, 0.1) is 0 Å². The number of carbonyl (C=O) groups excluding carboxylic acids is 1. The molecule has 0 aromatic heterocycles. The highest BCUT2D eigenvalue weighted by Gasteiger charge is 2.27. The van der Waals surface area contributed by atoms with Crippen LogP contribution in [0, 0.1) is 0 Å². The molecule has 26 heavy (non-hydrogen) atoms. The Morgan fingerprint density at radius 1 is 1.15 bits per heavy atom. The zero-order valence-electron chi connectivity index (χ0n) is 16.3. The number of hydrogen-bond donors (Lipinski definition) is 1. The minimum Gasteiger partial charge on any atom is -0.507 e. The smallest absolute Gasteiger partial charge is 0.244 e. The van der Waals surface area contributed by atoms with E-state index in [1.165, 1.54) is 11.8 Å². The summed E-state index contributed by atoms with van der Waals surface area (Å²) < 4.78 is 0.756. The van der Waals surface area contributed by atoms with Crippen LogP contribution in [-0.4, -0.2) is 20.4 Å². The molecule has 2 rings (SSSR count). The highest BCUT2D eigenvalue weighted by Crippen LogP contribution is 2.40. The van der Waals surface area contributed by atoms with E-state index in [0.29, 0.717) is 11.4 Å². The summed E-state index contributed by atoms with van der Waals surface area (Å²) in [5, 5.41) is 10.8. The third-order valence-electron chi connectivity index (χ3n) is 3.98. The van der Waals surface area contributed by atoms with E-state index in [9.17, 15) is 9.90 Å². The second-order valence-corrected chi connectivity index (χ2v) is 10.6. The van der Waals surface area contributed by atoms with Gasteiger partial charge < -0.3 is 5.11 Å². The maximum atomic E-state index is 12.3. The molecule has 1 N–H and O–H groups in total. The fourth-order valence-corrected chi connectivity index (χ4v) is 4.22. The van der Waals surface area contributed by atoms with E-state index >= 15 is 0 Å². The summed E-state index contributed by atoms with van der Waals surface area (Å²) in [5.74, 6) is 1.07. The number of phenols is 1. The average Bonchev–Trinajstić information content (AvgIpc) is 2.84. The number of aromatic hydroxyl groups is 1. The van der Waals surface area contributed by atoms with Crippen LogP contribution in [0.1, 0.15) is 58.2 Å². The third-order valence-corrected chi connectivity index (χ3v) is 5.98. The van der Waals surface area contributed by atoms with Crippen molar-refractivity contribution < 1.29 is 9.90 Å². The second-order valence-electron chi connectivity index (χ2n) is 8.36. The zero-order chi connectivity index (χ0) is 19.7. The Kier molecular flexibility index (Phi) is 6.13. The number of benzene rings is 1. The van der Waals surface area contributed by atoms with Gasteiger partial charge in [0.25, 0.3) is 0 Å². The molecule has 0 atom stereocenters. The molecule has 0 spiro atoms. The molecule has 1 heterocycles. The number of phenolic OH excluding ortho intramolecular Hbond substituents is 1. The van der Waals surface area contributed by atoms with Crippen molar-refractivity contribution in [2.45, 2.75) is 52.4 Å². The predicted octanol–water partition coefficient (Wildman–Crippen LogP) is 5.88. The van der Waals surface area contributed by atoms with Crippen molar-refractivity contribution in [2.75, 3.05) is 5.75 Å². The van der Waals surface area contributed by atoms with Crippen LogP contribution in [0.25, 0.3) is 6.08 Å². The number of hydrogen-bond acceptors (Lipinski definition) is 5. The number of carbonyl (C=O) groups is 1. The Labute approximate surface area is 165 Å². The zero-order valence-corrected chi connectivity index (χ0v) is 18.0. The summed E-state index contributed by atoms with van der Waals surface area (Å²) in [5.41, 5.74) is 2.68. The van der Waals surface area contributed by atoms with Gasteiger partial charge in [-0.05, 0) is 46.4 Å². The van der Waals surface area contributed by atoms with E-state index < -0.39 is 0 Å². The van der Waals surface area contributed by atoms with Gasteiger partial charge in [0.15, 0.2) is 0 Å². The molecular formula is C21H27NO2S2. The van der Waals surface area contributed by atoms with E-state index in [-0.39, 0.29) is 15.9 Å². The van der Waals surface area contributed by atoms with Gasteiger partial charge in [0.2, 0.25) is 5.12 Å². The molecule has 1 aromatic carbocycles. The first kappa shape index (κ1) is 20.8. The molecule has 0 aliphatic carbocycles. The van der Waals surface area contributed by atoms with Crippen LogP contribution in [0.5, 0.6) is 5.75 Å². The summed E-state index contributed by atoms with van der Waals surface area (Å²) in [6.07, 6.45) is 3.62. The molecule has 0 amide bonds. The topological polar surface area (TPSA) is 49.7 Å². The monoisotopic (exact) mass is 389 g/mol. The molecule has 0 fully saturated rings. The van der Waals surface area contributed by atoms with E-state index in [1.54, 1.807) is 6.08 Å². The summed E-state index contributed by atoms with van der Waals surface area (Å²) in [7, 11) is 0. The molecule has 1 aliphatic rings. The van der Waals surface area contributed by atoms with Gasteiger partial charge in [0.1, 0.15) is 15.8 Å². The standard InChI is InChI=1S/C21H27NO2S2/c1-8-9-25-19-22-16(18(24)26-19)12-13-10-14(20(2,3)4)17(23)15(11-13)21(5,6)7/h8,10-12,23H,1,9H2,2-7H3/b16-12+. The fraction of sp³-hybridized carbons (Fsp3) is 0.429. The van der Waals surface area contributed by atoms with Crippen molar-refractivity contribution in [3.63, 3.8) is 0 Å². The Bertz CT molecular complexity index is 758. The van der Waals surface area contributed by atoms with Gasteiger partial charge in [0, 0.05) is 16.9 Å². The van der Waals surface area contributed by atoms with Gasteiger partial charge >= 0.3 is 0 Å². The first-order valence-electron chi connectivity index (χ1n) is 8.57. The largest absolute Gasteiger partial charge is 0.507 e. The number of rotatable bonds is 3. The quantitative estimate of drug-likeness (QED) is 0.518. The minimum atomic E-state index is -0.207. The molecule has 0 bridgehead atoms. The minimum absolute atomic E-state index is 0.0424. The van der Waals surface area contributed by atoms with Crippen LogP contribution >= 0.6 is 23.5 Å². The van der Waals surface area contributed by atoms with E-state index in [0.717, 1.165) is 38.6 Å². The van der Waals surface area contributed by atoms with Crippen molar-refractivity contribution in [1.82, 2.24) is 0 Å². The van der Waals surface area contributed by atoms with Crippen LogP contribution < -0.4 is 0 Å². The molecule has 3 nitrogen and oxygen atoms in total. The molecule has 0 saturated heterocycles. The van der Waals surface area contributed by atoms with Gasteiger partial charge in [-0.25, -0.2) is 4.99 Å². The Hall–Kier alpha value is -1.46. The van der Waals surface area contributed by atoms with Crippen LogP contribution in [0.2, 0.25) is 0 Å². The lowest BCUT2D eigenvalue weighted by Crippen LogP contribution is -2.17. The van der Waals surface area contributed by atoms with Crippen molar-refractivity contribution in [1.29, 1.82) is 0 Å². The highest BCUT2D eigenvalue weighted by molar-refractivity contribution is 8.45. The number of thioether (sulfide) groups is 2. The summed E-state index contributed by atoms with van der Waals surface area (Å²) in [6, 6.07) is 3.92. The van der Waals surface area contributed by atoms with Crippen molar-refractivity contribution in [3.05, 3.63) is 47.2 Å². The molecule has 5 heteroatoms. The lowest BCUT2D eigenvalue weighted by atomic mass is 9.78. The number of nitrogens with zero attached hydrogens (tertiary/aromatic N) is 1. The highest BCUT2D eigenvalue weighted by atomic mass is 32.2. The molecule has 0 radical (unpaired) electrons. The van der Waals surface area contributed by atoms with Crippen LogP contribution in [0.4, 0.5) is 0 Å². The lowest BCUT2D eigenvalue weighted by Gasteiger charge is -2.27. The van der Waals surface area contributed by atoms with Crippen molar-refractivity contribution in [2.24, 2.45) is 4.99 Å². The lowest BCUT2D eigenvalue weighted by molar-refractivity contribution is -0.107. The molecule has 1 aliphatic heterocycles. The number of aliphatic imine (C=N–C) groups is 1. The molecule has 140 valence electrons. The van der Waals surface area contributed by atoms with E-state index in [4.69, 9.17) is 0 Å². The molecular weight excluding hydrogens is 362 g/mol. The Morgan fingerprint density at radius 2 is 1.69 bits per heavy atom. The molecule has 0 saturated carbocycles. The summed E-state index contributed by atoms with van der Waals surface area (Å²) >= 11 is 2.68. The average molecular weight is 390 g/mol. The maximum absolute atomic E-state index is 12.3. The summed E-state index contributed by atoms with van der Waals surface area (Å²) in [6.45, 7) is 16.1. The van der Waals surface area contributed by atoms with Gasteiger partial charge in [-0.2, -0.15) is 0 Å². The SMILES string of the molecule is C=CCSC1=N/C(=C/c2cc(C(C)(C)C)c(O)c(C(C)(C)C)c2)C(=O)S1. The maximum Gasteiger partial charge on any atom is 0.244 e. The van der Waals surface area contributed by atoms with E-state index in [1.807, 2.05) is 18.2 Å². The molecule has 0 unspecified atom stereocenters. The van der Waals surface area contributed by atoms with Crippen LogP contribution in [0.3, 0.4) is 0 Å². The molecule has 1 aromatic rings. The summed E-state index contributed by atoms with van der Waals surface area (Å²) in [4.78, 5) is 16.7. The normalized spacial score (nSPS) is 16.9. The first-order valence-corrected chi connectivity index (χ1v) is 10.4. The van der Waals surface area contributed by atoms with E-state index in [2.05, 4.69) is 53.1 Å². The van der Waals surface area contributed by atoms with Crippen LogP contribution in [0.15, 0.2) is 35.5 Å². The van der Waals surface area contributed by atoms with Gasteiger partial charge in [-0.15, -0.1) is 6.58 Å². The van der Waals surface area contributed by atoms with Crippen LogP contribution in [-0.2, 0) is 15.6 Å². The fourth-order valence-electron chi connectivity index (χ4n) is 2.62. The van der Waals surface area contributed by atoms with Gasteiger partial charge in [-0.1, -0.05) is 59.4 Å². The Morgan fingerprint density at radius 3 is 2.15 bits per heavy atom. The van der Waals surface area contributed by atoms with Crippen molar-refractivity contribution in [3.8, 4) is 5.75 Å². The second kappa shape index (κ2) is 7.65. The third kappa shape index (κ3) is 4.83. The predicted molar refractivity (Wildman–Crippen MR) is 116 cm³/mol. The van der Waals surface area contributed by atoms with Gasteiger partial charge in [-0.3, -0.25) is 4.79 Å². The van der Waals surface area contributed by atoms with Crippen molar-refractivity contribution >= 4 is 39.1 Å².